The second-order valence-corrected chi connectivity index (χ2v) is 5.15. The Bertz CT molecular complexity index is 626. The molecule has 2 aromatic heterocycles. The highest BCUT2D eigenvalue weighted by Gasteiger charge is 2.27. The van der Waals surface area contributed by atoms with Crippen molar-refractivity contribution in [3.8, 4) is 0 Å². The molecule has 9 heteroatoms. The van der Waals surface area contributed by atoms with Gasteiger partial charge in [0.1, 0.15) is 0 Å². The van der Waals surface area contributed by atoms with Gasteiger partial charge in [-0.05, 0) is 24.8 Å². The van der Waals surface area contributed by atoms with Crippen molar-refractivity contribution in [2.24, 2.45) is 0 Å². The lowest BCUT2D eigenvalue weighted by molar-refractivity contribution is -0.0327. The average molecular weight is 304 g/mol. The number of nitrogens with zero attached hydrogens (tertiary/aromatic N) is 2. The molecule has 0 saturated carbocycles. The van der Waals surface area contributed by atoms with Crippen molar-refractivity contribution in [3.63, 3.8) is 0 Å². The normalized spacial score (nSPS) is 11.8. The number of amides is 1. The standard InChI is InChI=1S/C11H11F3N4OS/c1-6-8-4-7(5-16-9(8)18-17-6)10(19)15-2-3-20-11(12,13)14/h4-5H,2-3H2,1H3,(H,15,19)(H,16,17,18). The summed E-state index contributed by atoms with van der Waals surface area (Å²) in [6.07, 6.45) is 1.34. The maximum Gasteiger partial charge on any atom is 0.441 e. The zero-order valence-electron chi connectivity index (χ0n) is 10.4. The molecule has 5 nitrogen and oxygen atoms in total. The van der Waals surface area contributed by atoms with E-state index in [4.69, 9.17) is 0 Å². The lowest BCUT2D eigenvalue weighted by atomic mass is 10.2. The largest absolute Gasteiger partial charge is 0.441 e. The van der Waals surface area contributed by atoms with Gasteiger partial charge in [0.05, 0.1) is 5.56 Å². The van der Waals surface area contributed by atoms with Crippen molar-refractivity contribution in [1.29, 1.82) is 0 Å². The molecule has 0 saturated heterocycles. The quantitative estimate of drug-likeness (QED) is 0.850. The molecule has 2 N–H and O–H groups in total. The molecule has 1 amide bonds. The van der Waals surface area contributed by atoms with Crippen LogP contribution in [0.25, 0.3) is 11.0 Å². The van der Waals surface area contributed by atoms with Crippen molar-refractivity contribution in [2.45, 2.75) is 12.4 Å². The molecule has 0 spiro atoms. The van der Waals surface area contributed by atoms with Gasteiger partial charge in [-0.15, -0.1) is 0 Å². The average Bonchev–Trinajstić information content (AvgIpc) is 2.75. The minimum atomic E-state index is -4.28. The summed E-state index contributed by atoms with van der Waals surface area (Å²) in [6, 6.07) is 1.60. The third-order valence-electron chi connectivity index (χ3n) is 2.52. The van der Waals surface area contributed by atoms with Gasteiger partial charge in [0, 0.05) is 29.6 Å². The first-order chi connectivity index (χ1) is 9.37. The molecule has 2 rings (SSSR count). The fourth-order valence-electron chi connectivity index (χ4n) is 1.58. The number of aryl methyl sites for hydroxylation is 1. The SMILES string of the molecule is Cc1[nH]nc2ncc(C(=O)NCCSC(F)(F)F)cc12. The van der Waals surface area contributed by atoms with Gasteiger partial charge in [-0.2, -0.15) is 18.3 Å². The van der Waals surface area contributed by atoms with Crippen LogP contribution in [0.3, 0.4) is 0 Å². The molecule has 2 aromatic rings. The highest BCUT2D eigenvalue weighted by atomic mass is 32.2. The number of aromatic nitrogens is 3. The van der Waals surface area contributed by atoms with Crippen LogP contribution in [0, 0.1) is 6.92 Å². The molecular formula is C11H11F3N4OS. The lowest BCUT2D eigenvalue weighted by Gasteiger charge is -2.07. The third-order valence-corrected chi connectivity index (χ3v) is 3.25. The van der Waals surface area contributed by atoms with E-state index in [0.29, 0.717) is 16.6 Å². The van der Waals surface area contributed by atoms with Crippen LogP contribution in [0.4, 0.5) is 13.2 Å². The van der Waals surface area contributed by atoms with Crippen molar-refractivity contribution >= 4 is 28.7 Å². The van der Waals surface area contributed by atoms with E-state index in [2.05, 4.69) is 20.5 Å². The van der Waals surface area contributed by atoms with Crippen molar-refractivity contribution in [3.05, 3.63) is 23.5 Å². The highest BCUT2D eigenvalue weighted by Crippen LogP contribution is 2.29. The Morgan fingerprint density at radius 3 is 2.95 bits per heavy atom. The number of aromatic amines is 1. The summed E-state index contributed by atoms with van der Waals surface area (Å²) in [5.41, 5.74) is -2.72. The number of nitrogens with one attached hydrogen (secondary N) is 2. The van der Waals surface area contributed by atoms with Gasteiger partial charge < -0.3 is 5.32 Å². The fraction of sp³-hybridized carbons (Fsp3) is 0.364. The van der Waals surface area contributed by atoms with E-state index in [1.165, 1.54) is 6.20 Å². The van der Waals surface area contributed by atoms with Gasteiger partial charge in [-0.25, -0.2) is 4.98 Å². The number of carbonyl (C=O) groups is 1. The maximum absolute atomic E-state index is 11.9. The molecule has 0 aromatic carbocycles. The summed E-state index contributed by atoms with van der Waals surface area (Å²) in [5, 5.41) is 9.79. The second kappa shape index (κ2) is 5.70. The molecule has 0 atom stereocenters. The van der Waals surface area contributed by atoms with Gasteiger partial charge in [0.2, 0.25) is 0 Å². The summed E-state index contributed by atoms with van der Waals surface area (Å²) < 4.78 is 35.7. The van der Waals surface area contributed by atoms with E-state index in [9.17, 15) is 18.0 Å². The summed E-state index contributed by atoms with van der Waals surface area (Å²) in [4.78, 5) is 15.8. The molecular weight excluding hydrogens is 293 g/mol. The first kappa shape index (κ1) is 14.6. The summed E-state index contributed by atoms with van der Waals surface area (Å²) in [7, 11) is 0. The fourth-order valence-corrected chi connectivity index (χ4v) is 2.01. The number of H-pyrrole nitrogens is 1. The van der Waals surface area contributed by atoms with Crippen LogP contribution >= 0.6 is 11.8 Å². The van der Waals surface area contributed by atoms with Gasteiger partial charge in [0.15, 0.2) is 5.65 Å². The van der Waals surface area contributed by atoms with Crippen molar-refractivity contribution in [1.82, 2.24) is 20.5 Å². The van der Waals surface area contributed by atoms with E-state index >= 15 is 0 Å². The number of alkyl halides is 3. The zero-order valence-corrected chi connectivity index (χ0v) is 11.2. The predicted octanol–water partition coefficient (Wildman–Crippen LogP) is 2.25. The number of hydrogen-bond acceptors (Lipinski definition) is 4. The molecule has 0 fully saturated rings. The van der Waals surface area contributed by atoms with Crippen molar-refractivity contribution in [2.75, 3.05) is 12.3 Å². The van der Waals surface area contributed by atoms with Gasteiger partial charge in [-0.3, -0.25) is 9.89 Å². The summed E-state index contributed by atoms with van der Waals surface area (Å²) in [5.74, 6) is -0.682. The topological polar surface area (TPSA) is 70.7 Å². The summed E-state index contributed by atoms with van der Waals surface area (Å²) >= 11 is -0.168. The number of halogens is 3. The molecule has 0 unspecified atom stereocenters. The Morgan fingerprint density at radius 1 is 1.50 bits per heavy atom. The Labute approximate surface area is 116 Å². The number of hydrogen-bond donors (Lipinski definition) is 2. The van der Waals surface area contributed by atoms with E-state index in [1.807, 2.05) is 0 Å². The van der Waals surface area contributed by atoms with Gasteiger partial charge in [0.25, 0.3) is 5.91 Å². The minimum Gasteiger partial charge on any atom is -0.351 e. The predicted molar refractivity (Wildman–Crippen MR) is 69.5 cm³/mol. The molecule has 2 heterocycles. The number of carbonyl (C=O) groups excluding carboxylic acids is 1. The molecule has 0 aliphatic rings. The Morgan fingerprint density at radius 2 is 2.25 bits per heavy atom. The zero-order chi connectivity index (χ0) is 14.8. The van der Waals surface area contributed by atoms with Crippen LogP contribution < -0.4 is 5.32 Å². The van der Waals surface area contributed by atoms with Crippen LogP contribution in [0.15, 0.2) is 12.3 Å². The van der Waals surface area contributed by atoms with E-state index in [-0.39, 0.29) is 24.1 Å². The molecule has 108 valence electrons. The second-order valence-electron chi connectivity index (χ2n) is 3.99. The first-order valence-electron chi connectivity index (χ1n) is 5.66. The molecule has 0 bridgehead atoms. The van der Waals surface area contributed by atoms with Crippen LogP contribution in [0.2, 0.25) is 0 Å². The van der Waals surface area contributed by atoms with Crippen molar-refractivity contribution < 1.29 is 18.0 Å². The maximum atomic E-state index is 11.9. The van der Waals surface area contributed by atoms with Crippen LogP contribution in [-0.2, 0) is 0 Å². The first-order valence-corrected chi connectivity index (χ1v) is 6.65. The monoisotopic (exact) mass is 304 g/mol. The van der Waals surface area contributed by atoms with Crippen LogP contribution in [0.5, 0.6) is 0 Å². The Hall–Kier alpha value is -1.77. The Balaban J connectivity index is 1.95. The van der Waals surface area contributed by atoms with Crippen LogP contribution in [0.1, 0.15) is 16.1 Å². The molecule has 0 aliphatic heterocycles. The van der Waals surface area contributed by atoms with Gasteiger partial charge in [-0.1, -0.05) is 0 Å². The summed E-state index contributed by atoms with van der Waals surface area (Å²) in [6.45, 7) is 1.73. The third kappa shape index (κ3) is 3.62. The van der Waals surface area contributed by atoms with Crippen LogP contribution in [-0.4, -0.2) is 38.9 Å². The molecule has 0 radical (unpaired) electrons. The number of fused-ring (bicyclic) bond motifs is 1. The Kier molecular flexibility index (Phi) is 4.17. The minimum absolute atomic E-state index is 0.0641. The molecule has 0 aliphatic carbocycles. The van der Waals surface area contributed by atoms with E-state index < -0.39 is 11.4 Å². The highest BCUT2D eigenvalue weighted by molar-refractivity contribution is 8.00. The lowest BCUT2D eigenvalue weighted by Crippen LogP contribution is -2.26. The smallest absolute Gasteiger partial charge is 0.351 e. The van der Waals surface area contributed by atoms with E-state index in [1.54, 1.807) is 13.0 Å². The number of pyridine rings is 1. The van der Waals surface area contributed by atoms with Gasteiger partial charge >= 0.3 is 5.51 Å². The molecule has 20 heavy (non-hydrogen) atoms. The number of thioether (sulfide) groups is 1. The number of rotatable bonds is 4. The van der Waals surface area contributed by atoms with E-state index in [0.717, 1.165) is 5.69 Å².